The zero-order valence-corrected chi connectivity index (χ0v) is 9.35. The first-order valence-electron chi connectivity index (χ1n) is 5.32. The maximum Gasteiger partial charge on any atom is 0.159 e. The van der Waals surface area contributed by atoms with Crippen LogP contribution in [0.15, 0.2) is 49.1 Å². The summed E-state index contributed by atoms with van der Waals surface area (Å²) in [5.74, 6) is 0.881. The van der Waals surface area contributed by atoms with Crippen LogP contribution in [0.5, 0.6) is 0 Å². The molecule has 0 atom stereocenters. The smallest absolute Gasteiger partial charge is 0.159 e. The molecule has 2 heterocycles. The third-order valence-corrected chi connectivity index (χ3v) is 2.47. The molecule has 0 fully saturated rings. The molecule has 0 aliphatic heterocycles. The Kier molecular flexibility index (Phi) is 2.22. The molecule has 0 radical (unpaired) electrons. The molecule has 84 valence electrons. The van der Waals surface area contributed by atoms with Crippen molar-refractivity contribution in [3.8, 4) is 11.5 Å². The summed E-state index contributed by atoms with van der Waals surface area (Å²) < 4.78 is 3.55. The van der Waals surface area contributed by atoms with E-state index in [2.05, 4.69) is 15.2 Å². The number of rotatable bonds is 2. The van der Waals surface area contributed by atoms with E-state index in [0.29, 0.717) is 0 Å². The minimum atomic E-state index is 0.881. The monoisotopic (exact) mass is 225 g/mol. The van der Waals surface area contributed by atoms with Crippen LogP contribution in [-0.4, -0.2) is 24.5 Å². The van der Waals surface area contributed by atoms with Crippen molar-refractivity contribution in [2.24, 2.45) is 0 Å². The molecule has 0 spiro atoms. The minimum absolute atomic E-state index is 0.881. The van der Waals surface area contributed by atoms with E-state index in [9.17, 15) is 0 Å². The van der Waals surface area contributed by atoms with Crippen molar-refractivity contribution in [3.05, 3.63) is 54.7 Å². The number of benzene rings is 1. The fraction of sp³-hybridized carbons (Fsp3) is 0.0833. The van der Waals surface area contributed by atoms with Gasteiger partial charge in [0.05, 0.1) is 11.4 Å². The molecule has 0 saturated heterocycles. The minimum Gasteiger partial charge on any atom is -0.223 e. The van der Waals surface area contributed by atoms with Crippen molar-refractivity contribution in [2.75, 3.05) is 0 Å². The Balaban J connectivity index is 2.18. The van der Waals surface area contributed by atoms with E-state index >= 15 is 0 Å². The zero-order valence-electron chi connectivity index (χ0n) is 9.35. The SMILES string of the molecule is Cc1cc(-n2cncn2)n(-c2ccccc2)n1. The molecule has 0 saturated carbocycles. The highest BCUT2D eigenvalue weighted by molar-refractivity contribution is 5.38. The number of aryl methyl sites for hydroxylation is 1. The van der Waals surface area contributed by atoms with Crippen molar-refractivity contribution >= 4 is 0 Å². The van der Waals surface area contributed by atoms with E-state index in [1.165, 1.54) is 6.33 Å². The van der Waals surface area contributed by atoms with Gasteiger partial charge in [-0.05, 0) is 19.1 Å². The molecule has 2 aromatic heterocycles. The van der Waals surface area contributed by atoms with Gasteiger partial charge in [0.25, 0.3) is 0 Å². The Morgan fingerprint density at radius 1 is 1.12 bits per heavy atom. The van der Waals surface area contributed by atoms with E-state index in [1.807, 2.05) is 48.0 Å². The van der Waals surface area contributed by atoms with Gasteiger partial charge in [0, 0.05) is 6.07 Å². The highest BCUT2D eigenvalue weighted by Gasteiger charge is 2.09. The van der Waals surface area contributed by atoms with Gasteiger partial charge in [-0.1, -0.05) is 18.2 Å². The van der Waals surface area contributed by atoms with E-state index < -0.39 is 0 Å². The van der Waals surface area contributed by atoms with Gasteiger partial charge in [-0.25, -0.2) is 14.3 Å². The largest absolute Gasteiger partial charge is 0.223 e. The van der Waals surface area contributed by atoms with Crippen LogP contribution in [0.25, 0.3) is 11.5 Å². The first-order chi connectivity index (χ1) is 8.34. The second-order valence-corrected chi connectivity index (χ2v) is 3.73. The van der Waals surface area contributed by atoms with Gasteiger partial charge < -0.3 is 0 Å². The lowest BCUT2D eigenvalue weighted by Crippen LogP contribution is -2.05. The van der Waals surface area contributed by atoms with E-state index in [1.54, 1.807) is 11.0 Å². The molecule has 1 aromatic carbocycles. The van der Waals surface area contributed by atoms with Crippen LogP contribution in [-0.2, 0) is 0 Å². The average Bonchev–Trinajstić information content (AvgIpc) is 2.98. The van der Waals surface area contributed by atoms with Gasteiger partial charge in [0.2, 0.25) is 0 Å². The molecule has 0 N–H and O–H groups in total. The maximum absolute atomic E-state index is 4.46. The molecule has 0 aliphatic carbocycles. The molecule has 3 rings (SSSR count). The quantitative estimate of drug-likeness (QED) is 0.667. The molecular weight excluding hydrogens is 214 g/mol. The fourth-order valence-electron chi connectivity index (χ4n) is 1.73. The lowest BCUT2D eigenvalue weighted by molar-refractivity contribution is 0.760. The number of para-hydroxylation sites is 1. The Hall–Kier alpha value is -2.43. The Labute approximate surface area is 98.3 Å². The van der Waals surface area contributed by atoms with Crippen molar-refractivity contribution in [3.63, 3.8) is 0 Å². The van der Waals surface area contributed by atoms with Gasteiger partial charge >= 0.3 is 0 Å². The summed E-state index contributed by atoms with van der Waals surface area (Å²) >= 11 is 0. The van der Waals surface area contributed by atoms with Gasteiger partial charge in [0.15, 0.2) is 5.82 Å². The summed E-state index contributed by atoms with van der Waals surface area (Å²) in [4.78, 5) is 3.95. The first kappa shape index (κ1) is 9.77. The van der Waals surface area contributed by atoms with Crippen LogP contribution in [0, 0.1) is 6.92 Å². The molecule has 17 heavy (non-hydrogen) atoms. The molecule has 0 amide bonds. The van der Waals surface area contributed by atoms with E-state index in [0.717, 1.165) is 17.2 Å². The summed E-state index contributed by atoms with van der Waals surface area (Å²) in [6.45, 7) is 1.96. The molecule has 0 unspecified atom stereocenters. The van der Waals surface area contributed by atoms with Crippen LogP contribution < -0.4 is 0 Å². The summed E-state index contributed by atoms with van der Waals surface area (Å²) in [5.41, 5.74) is 1.95. The van der Waals surface area contributed by atoms with Gasteiger partial charge in [0.1, 0.15) is 12.7 Å². The predicted molar refractivity (Wildman–Crippen MR) is 63.2 cm³/mol. The average molecular weight is 225 g/mol. The Morgan fingerprint density at radius 3 is 2.65 bits per heavy atom. The summed E-state index contributed by atoms with van der Waals surface area (Å²) in [7, 11) is 0. The number of hydrogen-bond donors (Lipinski definition) is 0. The van der Waals surface area contributed by atoms with Crippen molar-refractivity contribution in [2.45, 2.75) is 6.92 Å². The second kappa shape index (κ2) is 3.86. The first-order valence-corrected chi connectivity index (χ1v) is 5.32. The van der Waals surface area contributed by atoms with Gasteiger partial charge in [-0.2, -0.15) is 10.2 Å². The predicted octanol–water partition coefficient (Wildman–Crippen LogP) is 1.76. The van der Waals surface area contributed by atoms with Crippen LogP contribution in [0.3, 0.4) is 0 Å². The highest BCUT2D eigenvalue weighted by Crippen LogP contribution is 2.14. The molecular formula is C12H11N5. The maximum atomic E-state index is 4.46. The standard InChI is InChI=1S/C12H11N5/c1-10-7-12(16-9-13-8-14-16)17(15-10)11-5-3-2-4-6-11/h2-9H,1H3. The van der Waals surface area contributed by atoms with Crippen molar-refractivity contribution < 1.29 is 0 Å². The molecule has 5 nitrogen and oxygen atoms in total. The van der Waals surface area contributed by atoms with Crippen LogP contribution in [0.2, 0.25) is 0 Å². The lowest BCUT2D eigenvalue weighted by Gasteiger charge is -2.05. The third-order valence-electron chi connectivity index (χ3n) is 2.47. The normalized spacial score (nSPS) is 10.6. The lowest BCUT2D eigenvalue weighted by atomic mass is 10.3. The number of hydrogen-bond acceptors (Lipinski definition) is 3. The van der Waals surface area contributed by atoms with Crippen molar-refractivity contribution in [1.29, 1.82) is 0 Å². The summed E-state index contributed by atoms with van der Waals surface area (Å²) in [6.07, 6.45) is 3.17. The second-order valence-electron chi connectivity index (χ2n) is 3.73. The fourth-order valence-corrected chi connectivity index (χ4v) is 1.73. The van der Waals surface area contributed by atoms with Crippen LogP contribution in [0.1, 0.15) is 5.69 Å². The Bertz CT molecular complexity index is 610. The molecule has 0 bridgehead atoms. The summed E-state index contributed by atoms with van der Waals surface area (Å²) in [5, 5.41) is 8.60. The highest BCUT2D eigenvalue weighted by atomic mass is 15.4. The number of aromatic nitrogens is 5. The third kappa shape index (κ3) is 1.71. The van der Waals surface area contributed by atoms with Crippen LogP contribution in [0.4, 0.5) is 0 Å². The van der Waals surface area contributed by atoms with Crippen molar-refractivity contribution in [1.82, 2.24) is 24.5 Å². The van der Waals surface area contributed by atoms with Gasteiger partial charge in [-0.15, -0.1) is 0 Å². The Morgan fingerprint density at radius 2 is 1.94 bits per heavy atom. The zero-order chi connectivity index (χ0) is 11.7. The number of nitrogens with zero attached hydrogens (tertiary/aromatic N) is 5. The van der Waals surface area contributed by atoms with E-state index in [4.69, 9.17) is 0 Å². The molecule has 5 heteroatoms. The van der Waals surface area contributed by atoms with Crippen LogP contribution >= 0.6 is 0 Å². The van der Waals surface area contributed by atoms with E-state index in [-0.39, 0.29) is 0 Å². The molecule has 0 aliphatic rings. The molecule has 3 aromatic rings. The topological polar surface area (TPSA) is 48.5 Å². The van der Waals surface area contributed by atoms with Gasteiger partial charge in [-0.3, -0.25) is 0 Å². The summed E-state index contributed by atoms with van der Waals surface area (Å²) in [6, 6.07) is 11.9.